The first-order valence-electron chi connectivity index (χ1n) is 4.26. The van der Waals surface area contributed by atoms with Crippen LogP contribution in [0, 0.1) is 0 Å². The highest BCUT2D eigenvalue weighted by molar-refractivity contribution is 7.80. The fraction of sp³-hybridized carbons (Fsp3) is 0.500. The molecule has 72 valence electrons. The minimum absolute atomic E-state index is 0.695. The van der Waals surface area contributed by atoms with Crippen molar-refractivity contribution in [3.05, 3.63) is 18.5 Å². The van der Waals surface area contributed by atoms with Crippen LogP contribution in [0.3, 0.4) is 0 Å². The maximum Gasteiger partial charge on any atom is 0.166 e. The minimum atomic E-state index is 0.695. The molecule has 0 radical (unpaired) electrons. The largest absolute Gasteiger partial charge is 0.366 e. The maximum atomic E-state index is 4.92. The van der Waals surface area contributed by atoms with Crippen LogP contribution in [-0.2, 0) is 6.54 Å². The lowest BCUT2D eigenvalue weighted by Gasteiger charge is -2.06. The molecule has 5 heteroatoms. The Balaban J connectivity index is 2.05. The van der Waals surface area contributed by atoms with E-state index >= 15 is 0 Å². The van der Waals surface area contributed by atoms with Crippen LogP contribution in [0.1, 0.15) is 6.42 Å². The second-order valence-corrected chi connectivity index (χ2v) is 3.04. The smallest absolute Gasteiger partial charge is 0.166 e. The van der Waals surface area contributed by atoms with Gasteiger partial charge in [0, 0.05) is 32.5 Å². The van der Waals surface area contributed by atoms with Crippen molar-refractivity contribution in [3.8, 4) is 0 Å². The quantitative estimate of drug-likeness (QED) is 0.542. The maximum absolute atomic E-state index is 4.92. The van der Waals surface area contributed by atoms with Crippen molar-refractivity contribution in [1.82, 2.24) is 20.4 Å². The molecule has 0 fully saturated rings. The zero-order valence-corrected chi connectivity index (χ0v) is 8.47. The van der Waals surface area contributed by atoms with Crippen LogP contribution >= 0.6 is 12.2 Å². The monoisotopic (exact) mass is 198 g/mol. The second kappa shape index (κ2) is 5.53. The summed E-state index contributed by atoms with van der Waals surface area (Å²) in [6, 6.07) is 1.92. The van der Waals surface area contributed by atoms with Crippen molar-refractivity contribution < 1.29 is 0 Å². The predicted molar refractivity (Wildman–Crippen MR) is 56.5 cm³/mol. The summed E-state index contributed by atoms with van der Waals surface area (Å²) in [5.74, 6) is 0. The zero-order valence-electron chi connectivity index (χ0n) is 7.66. The zero-order chi connectivity index (χ0) is 9.52. The van der Waals surface area contributed by atoms with Gasteiger partial charge in [0.2, 0.25) is 0 Å². The number of rotatable bonds is 4. The molecule has 0 saturated heterocycles. The van der Waals surface area contributed by atoms with Gasteiger partial charge < -0.3 is 10.6 Å². The van der Waals surface area contributed by atoms with Gasteiger partial charge in [-0.25, -0.2) is 0 Å². The molecule has 4 nitrogen and oxygen atoms in total. The molecule has 0 unspecified atom stereocenters. The molecule has 1 aromatic rings. The number of thiocarbonyl (C=S) groups is 1. The summed E-state index contributed by atoms with van der Waals surface area (Å²) < 4.78 is 1.91. The normalized spacial score (nSPS) is 9.62. The third-order valence-corrected chi connectivity index (χ3v) is 1.98. The highest BCUT2D eigenvalue weighted by atomic mass is 32.1. The molecule has 0 amide bonds. The van der Waals surface area contributed by atoms with Crippen LogP contribution in [0.15, 0.2) is 18.5 Å². The van der Waals surface area contributed by atoms with Gasteiger partial charge in [-0.05, 0) is 24.7 Å². The van der Waals surface area contributed by atoms with Gasteiger partial charge >= 0.3 is 0 Å². The number of nitrogens with one attached hydrogen (secondary N) is 2. The van der Waals surface area contributed by atoms with E-state index in [0.29, 0.717) is 5.11 Å². The molecule has 0 aliphatic carbocycles. The van der Waals surface area contributed by atoms with Crippen LogP contribution in [0.4, 0.5) is 0 Å². The Morgan fingerprint density at radius 2 is 2.46 bits per heavy atom. The standard InChI is InChI=1S/C8H14N4S/c1-9-8(13)10-4-2-6-12-7-3-5-11-12/h3,5,7H,2,4,6H2,1H3,(H2,9,10,13). The SMILES string of the molecule is CNC(=S)NCCCn1cccn1. The molecule has 2 N–H and O–H groups in total. The summed E-state index contributed by atoms with van der Waals surface area (Å²) >= 11 is 4.92. The molecule has 0 aliphatic rings. The van der Waals surface area contributed by atoms with Gasteiger partial charge in [-0.3, -0.25) is 4.68 Å². The molecule has 0 saturated carbocycles. The van der Waals surface area contributed by atoms with E-state index in [9.17, 15) is 0 Å². The molecule has 1 aromatic heterocycles. The first-order valence-corrected chi connectivity index (χ1v) is 4.67. The summed E-state index contributed by atoms with van der Waals surface area (Å²) in [6.45, 7) is 1.80. The van der Waals surface area contributed by atoms with Gasteiger partial charge in [0.1, 0.15) is 0 Å². The third-order valence-electron chi connectivity index (χ3n) is 1.64. The average molecular weight is 198 g/mol. The van der Waals surface area contributed by atoms with Gasteiger partial charge in [-0.2, -0.15) is 5.10 Å². The number of aryl methyl sites for hydroxylation is 1. The van der Waals surface area contributed by atoms with Crippen LogP contribution in [-0.4, -0.2) is 28.5 Å². The van der Waals surface area contributed by atoms with E-state index < -0.39 is 0 Å². The highest BCUT2D eigenvalue weighted by Crippen LogP contribution is 1.87. The summed E-state index contributed by atoms with van der Waals surface area (Å²) in [5, 5.41) is 10.7. The van der Waals surface area contributed by atoms with Crippen molar-refractivity contribution in [2.24, 2.45) is 0 Å². The Morgan fingerprint density at radius 3 is 3.08 bits per heavy atom. The van der Waals surface area contributed by atoms with Crippen LogP contribution in [0.2, 0.25) is 0 Å². The number of hydrogen-bond donors (Lipinski definition) is 2. The highest BCUT2D eigenvalue weighted by Gasteiger charge is 1.92. The molecule has 13 heavy (non-hydrogen) atoms. The summed E-state index contributed by atoms with van der Waals surface area (Å²) in [7, 11) is 1.81. The Morgan fingerprint density at radius 1 is 1.62 bits per heavy atom. The fourth-order valence-corrected chi connectivity index (χ4v) is 1.07. The number of nitrogens with zero attached hydrogens (tertiary/aromatic N) is 2. The van der Waals surface area contributed by atoms with Crippen LogP contribution < -0.4 is 10.6 Å². The van der Waals surface area contributed by atoms with Crippen molar-refractivity contribution in [1.29, 1.82) is 0 Å². The molecular formula is C8H14N4S. The van der Waals surface area contributed by atoms with Crippen molar-refractivity contribution in [3.63, 3.8) is 0 Å². The Kier molecular flexibility index (Phi) is 4.25. The van der Waals surface area contributed by atoms with Crippen LogP contribution in [0.25, 0.3) is 0 Å². The van der Waals surface area contributed by atoms with Crippen LogP contribution in [0.5, 0.6) is 0 Å². The second-order valence-electron chi connectivity index (χ2n) is 2.63. The van der Waals surface area contributed by atoms with Gasteiger partial charge in [0.05, 0.1) is 0 Å². The lowest BCUT2D eigenvalue weighted by Crippen LogP contribution is -2.33. The van der Waals surface area contributed by atoms with E-state index in [-0.39, 0.29) is 0 Å². The lowest BCUT2D eigenvalue weighted by molar-refractivity contribution is 0.572. The summed E-state index contributed by atoms with van der Waals surface area (Å²) in [5.41, 5.74) is 0. The molecular weight excluding hydrogens is 184 g/mol. The average Bonchev–Trinajstić information content (AvgIpc) is 2.64. The van der Waals surface area contributed by atoms with E-state index in [4.69, 9.17) is 12.2 Å². The van der Waals surface area contributed by atoms with E-state index in [0.717, 1.165) is 19.5 Å². The molecule has 1 rings (SSSR count). The van der Waals surface area contributed by atoms with Crippen molar-refractivity contribution >= 4 is 17.3 Å². The lowest BCUT2D eigenvalue weighted by atomic mass is 10.4. The summed E-state index contributed by atoms with van der Waals surface area (Å²) in [6.07, 6.45) is 4.76. The van der Waals surface area contributed by atoms with E-state index in [2.05, 4.69) is 15.7 Å². The predicted octanol–water partition coefficient (Wildman–Crippen LogP) is 0.367. The molecule has 0 bridgehead atoms. The van der Waals surface area contributed by atoms with Gasteiger partial charge in [0.15, 0.2) is 5.11 Å². The molecule has 0 spiro atoms. The Bertz CT molecular complexity index is 245. The molecule has 0 aromatic carbocycles. The van der Waals surface area contributed by atoms with E-state index in [1.54, 1.807) is 6.20 Å². The fourth-order valence-electron chi connectivity index (χ4n) is 0.964. The van der Waals surface area contributed by atoms with Gasteiger partial charge in [-0.1, -0.05) is 0 Å². The van der Waals surface area contributed by atoms with E-state index in [1.807, 2.05) is 24.0 Å². The topological polar surface area (TPSA) is 41.9 Å². The molecule has 1 heterocycles. The molecule has 0 atom stereocenters. The first kappa shape index (κ1) is 9.98. The Hall–Kier alpha value is -1.10. The van der Waals surface area contributed by atoms with Crippen molar-refractivity contribution in [2.75, 3.05) is 13.6 Å². The first-order chi connectivity index (χ1) is 6.33. The number of hydrogen-bond acceptors (Lipinski definition) is 2. The van der Waals surface area contributed by atoms with Crippen molar-refractivity contribution in [2.45, 2.75) is 13.0 Å². The van der Waals surface area contributed by atoms with E-state index in [1.165, 1.54) is 0 Å². The minimum Gasteiger partial charge on any atom is -0.366 e. The third kappa shape index (κ3) is 3.89. The summed E-state index contributed by atoms with van der Waals surface area (Å²) in [4.78, 5) is 0. The molecule has 0 aliphatic heterocycles. The Labute approximate surface area is 83.3 Å². The number of aromatic nitrogens is 2. The van der Waals surface area contributed by atoms with Gasteiger partial charge in [0.25, 0.3) is 0 Å². The van der Waals surface area contributed by atoms with Gasteiger partial charge in [-0.15, -0.1) is 0 Å².